The van der Waals surface area contributed by atoms with Gasteiger partial charge in [-0.25, -0.2) is 9.97 Å². The molecule has 0 bridgehead atoms. The molecule has 3 aromatic rings. The van der Waals surface area contributed by atoms with E-state index in [9.17, 15) is 10.1 Å². The molecule has 1 aliphatic heterocycles. The maximum atomic E-state index is 11.9. The van der Waals surface area contributed by atoms with Gasteiger partial charge in [-0.15, -0.1) is 0 Å². The van der Waals surface area contributed by atoms with Crippen LogP contribution in [0, 0.1) is 10.1 Å². The molecule has 0 aliphatic carbocycles. The first-order chi connectivity index (χ1) is 14.5. The molecule has 1 N–H and O–H groups in total. The summed E-state index contributed by atoms with van der Waals surface area (Å²) in [5.74, 6) is 0.426. The fraction of sp³-hybridized carbons (Fsp3) is 0.200. The van der Waals surface area contributed by atoms with Crippen molar-refractivity contribution < 1.29 is 4.92 Å². The summed E-state index contributed by atoms with van der Waals surface area (Å²) in [6.45, 7) is 2.55. The molecule has 0 radical (unpaired) electrons. The van der Waals surface area contributed by atoms with Crippen LogP contribution in [0.4, 0.5) is 28.7 Å². The van der Waals surface area contributed by atoms with Crippen molar-refractivity contribution in [3.05, 3.63) is 75.0 Å². The molecule has 0 unspecified atom stereocenters. The molecule has 154 valence electrons. The number of piperazine rings is 1. The molecule has 1 saturated heterocycles. The van der Waals surface area contributed by atoms with Gasteiger partial charge in [0.25, 0.3) is 0 Å². The molecule has 0 spiro atoms. The van der Waals surface area contributed by atoms with Crippen molar-refractivity contribution in [2.24, 2.45) is 0 Å². The fourth-order valence-electron chi connectivity index (χ4n) is 3.41. The SMILES string of the molecule is O=[N+]([O-])c1c(Nc2cccc(Cl)c2)ncnc1N1CCN(c2cccc(Cl)c2)CC1. The maximum Gasteiger partial charge on any atom is 0.353 e. The Balaban J connectivity index is 1.56. The van der Waals surface area contributed by atoms with E-state index in [1.54, 1.807) is 24.3 Å². The van der Waals surface area contributed by atoms with E-state index >= 15 is 0 Å². The predicted molar refractivity (Wildman–Crippen MR) is 119 cm³/mol. The van der Waals surface area contributed by atoms with E-state index in [1.165, 1.54) is 6.33 Å². The lowest BCUT2D eigenvalue weighted by atomic mass is 10.2. The average Bonchev–Trinajstić information content (AvgIpc) is 2.73. The minimum atomic E-state index is -0.453. The van der Waals surface area contributed by atoms with E-state index in [2.05, 4.69) is 20.2 Å². The van der Waals surface area contributed by atoms with Crippen molar-refractivity contribution in [1.29, 1.82) is 0 Å². The minimum Gasteiger partial charge on any atom is -0.368 e. The lowest BCUT2D eigenvalue weighted by molar-refractivity contribution is -0.383. The van der Waals surface area contributed by atoms with Gasteiger partial charge in [-0.1, -0.05) is 35.3 Å². The Morgan fingerprint density at radius 3 is 2.27 bits per heavy atom. The lowest BCUT2D eigenvalue weighted by Crippen LogP contribution is -2.47. The van der Waals surface area contributed by atoms with E-state index < -0.39 is 4.92 Å². The molecule has 10 heteroatoms. The zero-order valence-corrected chi connectivity index (χ0v) is 17.3. The standard InChI is InChI=1S/C20H18Cl2N6O2/c21-14-3-1-5-16(11-14)25-19-18(28(29)30)20(24-13-23-19)27-9-7-26(8-10-27)17-6-2-4-15(22)12-17/h1-6,11-13H,7-10H2,(H,23,24,25). The van der Waals surface area contributed by atoms with Crippen molar-refractivity contribution in [3.8, 4) is 0 Å². The largest absolute Gasteiger partial charge is 0.368 e. The number of hydrogen-bond acceptors (Lipinski definition) is 7. The lowest BCUT2D eigenvalue weighted by Gasteiger charge is -2.36. The van der Waals surface area contributed by atoms with Crippen molar-refractivity contribution in [2.45, 2.75) is 0 Å². The Kier molecular flexibility index (Phi) is 5.87. The van der Waals surface area contributed by atoms with E-state index in [0.29, 0.717) is 47.7 Å². The van der Waals surface area contributed by atoms with Crippen LogP contribution in [-0.2, 0) is 0 Å². The number of halogens is 2. The van der Waals surface area contributed by atoms with E-state index in [1.807, 2.05) is 29.2 Å². The van der Waals surface area contributed by atoms with E-state index in [4.69, 9.17) is 23.2 Å². The topological polar surface area (TPSA) is 87.4 Å². The molecule has 1 aliphatic rings. The van der Waals surface area contributed by atoms with Gasteiger partial charge in [0, 0.05) is 47.6 Å². The molecule has 0 atom stereocenters. The first-order valence-corrected chi connectivity index (χ1v) is 10.0. The summed E-state index contributed by atoms with van der Waals surface area (Å²) in [4.78, 5) is 23.8. The molecular weight excluding hydrogens is 427 g/mol. The molecule has 8 nitrogen and oxygen atoms in total. The minimum absolute atomic E-state index is 0.129. The number of aromatic nitrogens is 2. The summed E-state index contributed by atoms with van der Waals surface area (Å²) >= 11 is 12.1. The van der Waals surface area contributed by atoms with Crippen LogP contribution in [0.2, 0.25) is 10.0 Å². The highest BCUT2D eigenvalue weighted by Crippen LogP contribution is 2.34. The normalized spacial score (nSPS) is 13.9. The number of hydrogen-bond donors (Lipinski definition) is 1. The third-order valence-electron chi connectivity index (χ3n) is 4.83. The van der Waals surface area contributed by atoms with Gasteiger partial charge < -0.3 is 15.1 Å². The highest BCUT2D eigenvalue weighted by Gasteiger charge is 2.29. The van der Waals surface area contributed by atoms with Gasteiger partial charge in [0.2, 0.25) is 11.6 Å². The monoisotopic (exact) mass is 444 g/mol. The number of benzene rings is 2. The maximum absolute atomic E-state index is 11.9. The van der Waals surface area contributed by atoms with Gasteiger partial charge in [-0.3, -0.25) is 10.1 Å². The Bertz CT molecular complexity index is 1070. The van der Waals surface area contributed by atoms with Crippen LogP contribution in [0.1, 0.15) is 0 Å². The summed E-state index contributed by atoms with van der Waals surface area (Å²) < 4.78 is 0. The molecule has 0 amide bonds. The van der Waals surface area contributed by atoms with Gasteiger partial charge in [-0.05, 0) is 36.4 Å². The van der Waals surface area contributed by atoms with Gasteiger partial charge in [0.1, 0.15) is 6.33 Å². The van der Waals surface area contributed by atoms with Crippen LogP contribution in [0.5, 0.6) is 0 Å². The Labute approximate surface area is 183 Å². The van der Waals surface area contributed by atoms with Crippen LogP contribution < -0.4 is 15.1 Å². The molecule has 1 aromatic heterocycles. The second-order valence-corrected chi connectivity index (χ2v) is 7.61. The van der Waals surface area contributed by atoms with Crippen LogP contribution in [0.25, 0.3) is 0 Å². The second kappa shape index (κ2) is 8.73. The molecule has 0 saturated carbocycles. The molecule has 2 aromatic carbocycles. The highest BCUT2D eigenvalue weighted by atomic mass is 35.5. The second-order valence-electron chi connectivity index (χ2n) is 6.74. The van der Waals surface area contributed by atoms with Gasteiger partial charge >= 0.3 is 5.69 Å². The highest BCUT2D eigenvalue weighted by molar-refractivity contribution is 6.31. The fourth-order valence-corrected chi connectivity index (χ4v) is 3.79. The predicted octanol–water partition coefficient (Wildman–Crippen LogP) is 4.76. The summed E-state index contributed by atoms with van der Waals surface area (Å²) in [6.07, 6.45) is 1.33. The van der Waals surface area contributed by atoms with E-state index in [0.717, 1.165) is 5.69 Å². The van der Waals surface area contributed by atoms with Gasteiger partial charge in [0.15, 0.2) is 0 Å². The zero-order valence-electron chi connectivity index (χ0n) is 15.8. The zero-order chi connectivity index (χ0) is 21.1. The summed E-state index contributed by atoms with van der Waals surface area (Å²) in [7, 11) is 0. The molecular formula is C20H18Cl2N6O2. The van der Waals surface area contributed by atoms with Crippen molar-refractivity contribution >= 4 is 51.9 Å². The number of nitro groups is 1. The number of anilines is 4. The first-order valence-electron chi connectivity index (χ1n) is 9.29. The van der Waals surface area contributed by atoms with Crippen LogP contribution in [-0.4, -0.2) is 41.1 Å². The van der Waals surface area contributed by atoms with E-state index in [-0.39, 0.29) is 11.5 Å². The Morgan fingerprint density at radius 2 is 1.60 bits per heavy atom. The first kappa shape index (κ1) is 20.2. The average molecular weight is 445 g/mol. The van der Waals surface area contributed by atoms with Crippen LogP contribution in [0.3, 0.4) is 0 Å². The van der Waals surface area contributed by atoms with Gasteiger partial charge in [0.05, 0.1) is 4.92 Å². The van der Waals surface area contributed by atoms with Crippen LogP contribution >= 0.6 is 23.2 Å². The summed E-state index contributed by atoms with van der Waals surface area (Å²) in [5.41, 5.74) is 1.48. The third-order valence-corrected chi connectivity index (χ3v) is 5.30. The van der Waals surface area contributed by atoms with Crippen LogP contribution in [0.15, 0.2) is 54.9 Å². The Hall–Kier alpha value is -3.10. The summed E-state index contributed by atoms with van der Waals surface area (Å²) in [6, 6.07) is 14.6. The molecule has 1 fully saturated rings. The Morgan fingerprint density at radius 1 is 0.933 bits per heavy atom. The molecule has 2 heterocycles. The van der Waals surface area contributed by atoms with Gasteiger partial charge in [-0.2, -0.15) is 0 Å². The quantitative estimate of drug-likeness (QED) is 0.448. The number of nitrogens with zero attached hydrogens (tertiary/aromatic N) is 5. The van der Waals surface area contributed by atoms with Crippen molar-refractivity contribution in [1.82, 2.24) is 9.97 Å². The number of nitrogens with one attached hydrogen (secondary N) is 1. The third kappa shape index (κ3) is 4.39. The van der Waals surface area contributed by atoms with Crippen molar-refractivity contribution in [3.63, 3.8) is 0 Å². The number of rotatable bonds is 5. The van der Waals surface area contributed by atoms with Crippen molar-refractivity contribution in [2.75, 3.05) is 41.3 Å². The smallest absolute Gasteiger partial charge is 0.353 e. The summed E-state index contributed by atoms with van der Waals surface area (Å²) in [5, 5.41) is 16.1. The molecule has 4 rings (SSSR count). The molecule has 30 heavy (non-hydrogen) atoms.